The van der Waals surface area contributed by atoms with E-state index >= 15 is 0 Å². The summed E-state index contributed by atoms with van der Waals surface area (Å²) in [5.41, 5.74) is 0.0627. The van der Waals surface area contributed by atoms with Crippen molar-refractivity contribution in [2.45, 2.75) is 25.2 Å². The molecule has 136 valence electrons. The normalized spacial score (nSPS) is 21.4. The van der Waals surface area contributed by atoms with Gasteiger partial charge in [-0.1, -0.05) is 13.8 Å². The van der Waals surface area contributed by atoms with Crippen molar-refractivity contribution in [3.8, 4) is 11.8 Å². The van der Waals surface area contributed by atoms with Gasteiger partial charge in [0.2, 0.25) is 10.0 Å². The smallest absolute Gasteiger partial charge is 0.339 e. The molecular weight excluding hydrogens is 344 g/mol. The van der Waals surface area contributed by atoms with Gasteiger partial charge in [0.1, 0.15) is 16.7 Å². The summed E-state index contributed by atoms with van der Waals surface area (Å²) in [7, 11) is -2.43. The second-order valence-electron chi connectivity index (χ2n) is 6.37. The first-order valence-electron chi connectivity index (χ1n) is 8.01. The molecule has 0 aliphatic carbocycles. The predicted molar refractivity (Wildman–Crippen MR) is 90.6 cm³/mol. The zero-order valence-corrected chi connectivity index (χ0v) is 15.4. The topological polar surface area (TPSA) is 96.7 Å². The molecule has 1 aliphatic rings. The van der Waals surface area contributed by atoms with Crippen molar-refractivity contribution in [2.75, 3.05) is 26.8 Å². The molecule has 8 heteroatoms. The lowest BCUT2D eigenvalue weighted by atomic mass is 9.94. The largest absolute Gasteiger partial charge is 0.495 e. The number of ether oxygens (including phenoxy) is 2. The fourth-order valence-electron chi connectivity index (χ4n) is 3.13. The van der Waals surface area contributed by atoms with E-state index in [4.69, 9.17) is 14.7 Å². The molecule has 1 aromatic carbocycles. The van der Waals surface area contributed by atoms with Gasteiger partial charge in [0.05, 0.1) is 12.7 Å². The number of carbonyl (C=O) groups excluding carboxylic acids is 1. The number of hydrogen-bond donors (Lipinski definition) is 0. The Labute approximate surface area is 148 Å². The van der Waals surface area contributed by atoms with Crippen LogP contribution in [0, 0.1) is 23.2 Å². The van der Waals surface area contributed by atoms with Crippen molar-refractivity contribution in [2.24, 2.45) is 11.8 Å². The summed E-state index contributed by atoms with van der Waals surface area (Å²) in [6.07, 6.45) is 0.976. The Bertz CT molecular complexity index is 775. The molecule has 0 bridgehead atoms. The molecule has 0 N–H and O–H groups in total. The highest BCUT2D eigenvalue weighted by molar-refractivity contribution is 7.89. The summed E-state index contributed by atoms with van der Waals surface area (Å²) >= 11 is 0. The number of sulfonamides is 1. The van der Waals surface area contributed by atoms with Gasteiger partial charge in [0, 0.05) is 13.1 Å². The van der Waals surface area contributed by atoms with Crippen LogP contribution in [0.1, 0.15) is 30.6 Å². The number of nitriles is 1. The van der Waals surface area contributed by atoms with E-state index in [9.17, 15) is 13.2 Å². The lowest BCUT2D eigenvalue weighted by molar-refractivity contribution is 0.0554. The summed E-state index contributed by atoms with van der Waals surface area (Å²) in [4.78, 5) is 11.9. The number of benzene rings is 1. The van der Waals surface area contributed by atoms with Crippen molar-refractivity contribution >= 4 is 16.0 Å². The quantitative estimate of drug-likeness (QED) is 0.740. The third kappa shape index (κ3) is 4.30. The van der Waals surface area contributed by atoms with Crippen LogP contribution in [0.3, 0.4) is 0 Å². The van der Waals surface area contributed by atoms with Crippen LogP contribution < -0.4 is 4.74 Å². The molecule has 25 heavy (non-hydrogen) atoms. The van der Waals surface area contributed by atoms with Gasteiger partial charge < -0.3 is 9.47 Å². The van der Waals surface area contributed by atoms with Gasteiger partial charge >= 0.3 is 5.97 Å². The third-order valence-electron chi connectivity index (χ3n) is 4.12. The summed E-state index contributed by atoms with van der Waals surface area (Å²) in [6, 6.07) is 5.79. The van der Waals surface area contributed by atoms with Crippen LogP contribution in [0.15, 0.2) is 23.1 Å². The lowest BCUT2D eigenvalue weighted by Crippen LogP contribution is -2.42. The van der Waals surface area contributed by atoms with Gasteiger partial charge in [-0.2, -0.15) is 9.57 Å². The molecule has 2 atom stereocenters. The standard InChI is InChI=1S/C17H22N2O5S/c1-12-8-13(2)11-19(10-12)25(21,22)16-9-14(4-5-15(16)23-3)17(20)24-7-6-18/h4-5,9,12-13H,7-8,10-11H2,1-3H3/t12-,13+. The number of rotatable bonds is 5. The maximum atomic E-state index is 13.1. The first-order chi connectivity index (χ1) is 11.8. The number of piperidine rings is 1. The Morgan fingerprint density at radius 1 is 1.32 bits per heavy atom. The van der Waals surface area contributed by atoms with Gasteiger partial charge in [0.15, 0.2) is 6.61 Å². The maximum Gasteiger partial charge on any atom is 0.339 e. The molecule has 0 unspecified atom stereocenters. The SMILES string of the molecule is COc1ccc(C(=O)OCC#N)cc1S(=O)(=O)N1C[C@H](C)C[C@H](C)C1. The Hall–Kier alpha value is -2.11. The van der Waals surface area contributed by atoms with Gasteiger partial charge in [-0.25, -0.2) is 13.2 Å². The van der Waals surface area contributed by atoms with E-state index < -0.39 is 22.6 Å². The fourth-order valence-corrected chi connectivity index (χ4v) is 4.99. The summed E-state index contributed by atoms with van der Waals surface area (Å²) in [5, 5.41) is 8.50. The Morgan fingerprint density at radius 3 is 2.52 bits per heavy atom. The van der Waals surface area contributed by atoms with Gasteiger partial charge in [-0.05, 0) is 36.5 Å². The van der Waals surface area contributed by atoms with Gasteiger partial charge in [-0.15, -0.1) is 0 Å². The Morgan fingerprint density at radius 2 is 1.96 bits per heavy atom. The number of hydrogen-bond acceptors (Lipinski definition) is 6. The molecule has 1 saturated heterocycles. The molecule has 0 aromatic heterocycles. The molecule has 7 nitrogen and oxygen atoms in total. The van der Waals surface area contributed by atoms with E-state index in [1.54, 1.807) is 6.07 Å². The minimum atomic E-state index is -3.81. The van der Waals surface area contributed by atoms with Crippen LogP contribution in [0.2, 0.25) is 0 Å². The zero-order valence-electron chi connectivity index (χ0n) is 14.6. The molecule has 0 spiro atoms. The van der Waals surface area contributed by atoms with E-state index in [0.717, 1.165) is 6.42 Å². The highest BCUT2D eigenvalue weighted by Gasteiger charge is 2.34. The molecule has 0 radical (unpaired) electrons. The average molecular weight is 366 g/mol. The summed E-state index contributed by atoms with van der Waals surface area (Å²) < 4.78 is 37.5. The monoisotopic (exact) mass is 366 g/mol. The average Bonchev–Trinajstić information content (AvgIpc) is 2.58. The van der Waals surface area contributed by atoms with Gasteiger partial charge in [-0.3, -0.25) is 0 Å². The molecule has 1 aromatic rings. The highest BCUT2D eigenvalue weighted by atomic mass is 32.2. The van der Waals surface area contributed by atoms with Crippen molar-refractivity contribution in [1.82, 2.24) is 4.31 Å². The van der Waals surface area contributed by atoms with E-state index in [1.807, 2.05) is 13.8 Å². The van der Waals surface area contributed by atoms with Crippen molar-refractivity contribution in [3.63, 3.8) is 0 Å². The summed E-state index contributed by atoms with van der Waals surface area (Å²) in [5.74, 6) is -0.0645. The maximum absolute atomic E-state index is 13.1. The molecule has 0 saturated carbocycles. The Balaban J connectivity index is 2.41. The van der Waals surface area contributed by atoms with E-state index in [1.165, 1.54) is 29.6 Å². The Kier molecular flexibility index (Phi) is 6.03. The summed E-state index contributed by atoms with van der Waals surface area (Å²) in [6.45, 7) is 4.50. The molecular formula is C17H22N2O5S. The van der Waals surface area contributed by atoms with Crippen LogP contribution in [0.25, 0.3) is 0 Å². The van der Waals surface area contributed by atoms with Crippen molar-refractivity contribution in [1.29, 1.82) is 5.26 Å². The van der Waals surface area contributed by atoms with Crippen LogP contribution in [0.4, 0.5) is 0 Å². The predicted octanol–water partition coefficient (Wildman–Crippen LogP) is 2.04. The first-order valence-corrected chi connectivity index (χ1v) is 9.45. The molecule has 1 aliphatic heterocycles. The van der Waals surface area contributed by atoms with Crippen LogP contribution in [-0.4, -0.2) is 45.5 Å². The number of methoxy groups -OCH3 is 1. The minimum Gasteiger partial charge on any atom is -0.495 e. The fraction of sp³-hybridized carbons (Fsp3) is 0.529. The third-order valence-corrected chi connectivity index (χ3v) is 5.97. The van der Waals surface area contributed by atoms with E-state index in [-0.39, 0.29) is 28.0 Å². The van der Waals surface area contributed by atoms with E-state index in [0.29, 0.717) is 13.1 Å². The van der Waals surface area contributed by atoms with Crippen LogP contribution in [0.5, 0.6) is 5.75 Å². The molecule has 1 heterocycles. The molecule has 2 rings (SSSR count). The molecule has 1 fully saturated rings. The second-order valence-corrected chi connectivity index (χ2v) is 8.27. The number of nitrogens with zero attached hydrogens (tertiary/aromatic N) is 2. The zero-order chi connectivity index (χ0) is 18.6. The first kappa shape index (κ1) is 19.2. The highest BCUT2D eigenvalue weighted by Crippen LogP contribution is 2.32. The van der Waals surface area contributed by atoms with Crippen molar-refractivity contribution < 1.29 is 22.7 Å². The lowest BCUT2D eigenvalue weighted by Gasteiger charge is -2.34. The molecule has 0 amide bonds. The van der Waals surface area contributed by atoms with Crippen LogP contribution >= 0.6 is 0 Å². The number of carbonyl (C=O) groups is 1. The van der Waals surface area contributed by atoms with E-state index in [2.05, 4.69) is 0 Å². The minimum absolute atomic E-state index is 0.0627. The number of esters is 1. The van der Waals surface area contributed by atoms with Gasteiger partial charge in [0.25, 0.3) is 0 Å². The van der Waals surface area contributed by atoms with Crippen molar-refractivity contribution in [3.05, 3.63) is 23.8 Å². The van der Waals surface area contributed by atoms with Crippen LogP contribution in [-0.2, 0) is 14.8 Å². The second kappa shape index (κ2) is 7.85.